The van der Waals surface area contributed by atoms with Gasteiger partial charge in [0.25, 0.3) is 0 Å². The maximum absolute atomic E-state index is 2.41. The first-order valence-electron chi connectivity index (χ1n) is 5.20. The largest absolute Gasteiger partial charge is 0.0585 e. The molecule has 0 N–H and O–H groups in total. The van der Waals surface area contributed by atoms with E-state index in [-0.39, 0.29) is 0 Å². The number of fused-ring (bicyclic) bond motifs is 1. The molecule has 0 heterocycles. The van der Waals surface area contributed by atoms with Gasteiger partial charge in [0, 0.05) is 0 Å². The Morgan fingerprint density at radius 2 is 1.69 bits per heavy atom. The van der Waals surface area contributed by atoms with Gasteiger partial charge in [-0.1, -0.05) is 39.0 Å². The van der Waals surface area contributed by atoms with Crippen LogP contribution in [0.1, 0.15) is 43.9 Å². The van der Waals surface area contributed by atoms with Gasteiger partial charge in [0.1, 0.15) is 0 Å². The van der Waals surface area contributed by atoms with E-state index in [0.717, 1.165) is 0 Å². The maximum Gasteiger partial charge on any atom is -0.0132 e. The smallest absolute Gasteiger partial charge is 0.0132 e. The van der Waals surface area contributed by atoms with E-state index in [4.69, 9.17) is 0 Å². The van der Waals surface area contributed by atoms with E-state index in [1.807, 2.05) is 0 Å². The van der Waals surface area contributed by atoms with Gasteiger partial charge < -0.3 is 0 Å². The molecule has 0 spiro atoms. The fourth-order valence-corrected chi connectivity index (χ4v) is 2.04. The summed E-state index contributed by atoms with van der Waals surface area (Å²) in [6.45, 7) is 6.84. The van der Waals surface area contributed by atoms with Crippen LogP contribution in [0.25, 0.3) is 0 Å². The van der Waals surface area contributed by atoms with Gasteiger partial charge in [0.05, 0.1) is 0 Å². The van der Waals surface area contributed by atoms with Crippen LogP contribution in [0.5, 0.6) is 0 Å². The second-order valence-electron chi connectivity index (χ2n) is 5.09. The number of hydrogen-bond donors (Lipinski definition) is 0. The number of rotatable bonds is 0. The third kappa shape index (κ3) is 1.63. The van der Waals surface area contributed by atoms with Crippen LogP contribution in [0.4, 0.5) is 0 Å². The monoisotopic (exact) mass is 174 g/mol. The lowest BCUT2D eigenvalue weighted by Gasteiger charge is -2.19. The summed E-state index contributed by atoms with van der Waals surface area (Å²) in [5.41, 5.74) is 4.95. The van der Waals surface area contributed by atoms with E-state index in [2.05, 4.69) is 39.0 Å². The van der Waals surface area contributed by atoms with Crippen molar-refractivity contribution in [3.05, 3.63) is 34.9 Å². The summed E-state index contributed by atoms with van der Waals surface area (Å²) in [7, 11) is 0. The lowest BCUT2D eigenvalue weighted by molar-refractivity contribution is 0.589. The lowest BCUT2D eigenvalue weighted by atomic mass is 9.85. The highest BCUT2D eigenvalue weighted by Crippen LogP contribution is 2.28. The molecule has 0 aliphatic heterocycles. The standard InChI is InChI=1S/C13H18/c1-13(2,3)12-8-7-10-5-4-6-11(10)9-12/h7-9H,4-6H2,1-3H3. The summed E-state index contributed by atoms with van der Waals surface area (Å²) < 4.78 is 0. The Morgan fingerprint density at radius 1 is 1.00 bits per heavy atom. The van der Waals surface area contributed by atoms with E-state index >= 15 is 0 Å². The predicted octanol–water partition coefficient (Wildman–Crippen LogP) is 3.47. The van der Waals surface area contributed by atoms with Crippen LogP contribution in [0.2, 0.25) is 0 Å². The Balaban J connectivity index is 2.42. The molecular weight excluding hydrogens is 156 g/mol. The number of benzene rings is 1. The fourth-order valence-electron chi connectivity index (χ4n) is 2.04. The molecule has 0 heteroatoms. The van der Waals surface area contributed by atoms with Gasteiger partial charge in [-0.15, -0.1) is 0 Å². The van der Waals surface area contributed by atoms with Crippen molar-refractivity contribution in [2.75, 3.05) is 0 Å². The molecule has 0 amide bonds. The van der Waals surface area contributed by atoms with Crippen LogP contribution in [-0.4, -0.2) is 0 Å². The lowest BCUT2D eigenvalue weighted by Crippen LogP contribution is -2.11. The zero-order valence-corrected chi connectivity index (χ0v) is 8.85. The van der Waals surface area contributed by atoms with Crippen LogP contribution < -0.4 is 0 Å². The van der Waals surface area contributed by atoms with E-state index in [9.17, 15) is 0 Å². The summed E-state index contributed by atoms with van der Waals surface area (Å²) in [6.07, 6.45) is 3.93. The Morgan fingerprint density at radius 3 is 2.38 bits per heavy atom. The van der Waals surface area contributed by atoms with Gasteiger partial charge in [-0.2, -0.15) is 0 Å². The van der Waals surface area contributed by atoms with Crippen molar-refractivity contribution in [1.82, 2.24) is 0 Å². The molecule has 13 heavy (non-hydrogen) atoms. The topological polar surface area (TPSA) is 0 Å². The first-order valence-corrected chi connectivity index (χ1v) is 5.20. The minimum atomic E-state index is 0.303. The molecule has 0 atom stereocenters. The molecule has 1 aliphatic carbocycles. The highest BCUT2D eigenvalue weighted by molar-refractivity contribution is 5.37. The Kier molecular flexibility index (Phi) is 1.94. The second kappa shape index (κ2) is 2.87. The molecule has 0 unspecified atom stereocenters. The van der Waals surface area contributed by atoms with Crippen molar-refractivity contribution in [3.8, 4) is 0 Å². The molecule has 0 fully saturated rings. The Bertz CT molecular complexity index is 315. The predicted molar refractivity (Wildman–Crippen MR) is 57.2 cm³/mol. The van der Waals surface area contributed by atoms with Gasteiger partial charge in [-0.05, 0) is 41.4 Å². The minimum Gasteiger partial charge on any atom is -0.0585 e. The molecule has 70 valence electrons. The second-order valence-corrected chi connectivity index (χ2v) is 5.09. The summed E-state index contributed by atoms with van der Waals surface area (Å²) in [4.78, 5) is 0. The highest BCUT2D eigenvalue weighted by Gasteiger charge is 2.17. The van der Waals surface area contributed by atoms with E-state index in [1.165, 1.54) is 24.8 Å². The molecule has 2 rings (SSSR count). The van der Waals surface area contributed by atoms with Crippen LogP contribution in [0, 0.1) is 0 Å². The zero-order valence-electron chi connectivity index (χ0n) is 8.85. The van der Waals surface area contributed by atoms with Crippen molar-refractivity contribution >= 4 is 0 Å². The summed E-state index contributed by atoms with van der Waals surface area (Å²) in [6, 6.07) is 7.02. The average Bonchev–Trinajstić information content (AvgIpc) is 2.47. The average molecular weight is 174 g/mol. The molecule has 1 aromatic rings. The maximum atomic E-state index is 2.41. The molecule has 0 saturated carbocycles. The van der Waals surface area contributed by atoms with Crippen molar-refractivity contribution in [1.29, 1.82) is 0 Å². The zero-order chi connectivity index (χ0) is 9.47. The van der Waals surface area contributed by atoms with Crippen LogP contribution in [-0.2, 0) is 18.3 Å². The summed E-state index contributed by atoms with van der Waals surface area (Å²) >= 11 is 0. The normalized spacial score (nSPS) is 15.9. The minimum absolute atomic E-state index is 0.303. The van der Waals surface area contributed by atoms with Gasteiger partial charge in [0.2, 0.25) is 0 Å². The van der Waals surface area contributed by atoms with Gasteiger partial charge in [-0.25, -0.2) is 0 Å². The molecule has 1 aromatic carbocycles. The fraction of sp³-hybridized carbons (Fsp3) is 0.538. The van der Waals surface area contributed by atoms with Crippen molar-refractivity contribution < 1.29 is 0 Å². The number of hydrogen-bond acceptors (Lipinski definition) is 0. The van der Waals surface area contributed by atoms with Crippen LogP contribution in [0.15, 0.2) is 18.2 Å². The van der Waals surface area contributed by atoms with Crippen molar-refractivity contribution in [3.63, 3.8) is 0 Å². The van der Waals surface area contributed by atoms with Gasteiger partial charge in [-0.3, -0.25) is 0 Å². The summed E-state index contributed by atoms with van der Waals surface area (Å²) in [5.74, 6) is 0. The molecule has 0 nitrogen and oxygen atoms in total. The Hall–Kier alpha value is -0.780. The third-order valence-electron chi connectivity index (χ3n) is 2.96. The molecule has 0 radical (unpaired) electrons. The van der Waals surface area contributed by atoms with Gasteiger partial charge in [0.15, 0.2) is 0 Å². The Labute approximate surface area is 81.0 Å². The highest BCUT2D eigenvalue weighted by atomic mass is 14.2. The SMILES string of the molecule is CC(C)(C)c1ccc2c(c1)CCC2. The van der Waals surface area contributed by atoms with Crippen LogP contribution >= 0.6 is 0 Å². The van der Waals surface area contributed by atoms with E-state index < -0.39 is 0 Å². The quantitative estimate of drug-likeness (QED) is 0.565. The first kappa shape index (κ1) is 8.80. The number of aryl methyl sites for hydroxylation is 2. The molecule has 0 aromatic heterocycles. The van der Waals surface area contributed by atoms with E-state index in [1.54, 1.807) is 11.1 Å². The van der Waals surface area contributed by atoms with Crippen molar-refractivity contribution in [2.45, 2.75) is 45.4 Å². The van der Waals surface area contributed by atoms with Crippen LogP contribution in [0.3, 0.4) is 0 Å². The molecular formula is C13H18. The summed E-state index contributed by atoms with van der Waals surface area (Å²) in [5, 5.41) is 0. The third-order valence-corrected chi connectivity index (χ3v) is 2.96. The molecule has 0 saturated heterocycles. The van der Waals surface area contributed by atoms with Gasteiger partial charge >= 0.3 is 0 Å². The van der Waals surface area contributed by atoms with Crippen molar-refractivity contribution in [2.24, 2.45) is 0 Å². The molecule has 1 aliphatic rings. The van der Waals surface area contributed by atoms with E-state index in [0.29, 0.717) is 5.41 Å². The first-order chi connectivity index (χ1) is 6.07. The molecule has 0 bridgehead atoms.